The summed E-state index contributed by atoms with van der Waals surface area (Å²) in [7, 11) is 0. The molecule has 1 saturated carbocycles. The van der Waals surface area contributed by atoms with Gasteiger partial charge >= 0.3 is 0 Å². The average molecular weight is 450 g/mol. The van der Waals surface area contributed by atoms with Crippen molar-refractivity contribution in [3.8, 4) is 0 Å². The van der Waals surface area contributed by atoms with Crippen molar-refractivity contribution in [3.05, 3.63) is 64.1 Å². The number of benzene rings is 1. The highest BCUT2D eigenvalue weighted by atomic mass is 79.9. The highest BCUT2D eigenvalue weighted by molar-refractivity contribution is 9.10. The molecule has 2 aromatic heterocycles. The van der Waals surface area contributed by atoms with E-state index in [1.54, 1.807) is 16.9 Å². The Kier molecular flexibility index (Phi) is 5.25. The number of hydrogen-bond donors (Lipinski definition) is 1. The highest BCUT2D eigenvalue weighted by Gasteiger charge is 2.34. The first kappa shape index (κ1) is 18.8. The molecule has 0 unspecified atom stereocenters. The van der Waals surface area contributed by atoms with Crippen LogP contribution in [0.25, 0.3) is 0 Å². The van der Waals surface area contributed by atoms with Gasteiger partial charge in [-0.3, -0.25) is 14.2 Å². The molecule has 4 rings (SSSR count). The zero-order chi connectivity index (χ0) is 19.7. The van der Waals surface area contributed by atoms with Crippen LogP contribution in [0.15, 0.2) is 47.2 Å². The Morgan fingerprint density at radius 3 is 2.82 bits per heavy atom. The van der Waals surface area contributed by atoms with E-state index in [4.69, 9.17) is 0 Å². The van der Waals surface area contributed by atoms with Crippen LogP contribution in [0, 0.1) is 0 Å². The maximum atomic E-state index is 13.2. The summed E-state index contributed by atoms with van der Waals surface area (Å²) in [6, 6.07) is 9.30. The fourth-order valence-corrected chi connectivity index (χ4v) is 3.92. The summed E-state index contributed by atoms with van der Waals surface area (Å²) < 4.78 is 29.9. The summed E-state index contributed by atoms with van der Waals surface area (Å²) in [5.74, 6) is -0.131. The molecule has 146 valence electrons. The highest BCUT2D eigenvalue weighted by Crippen LogP contribution is 2.45. The summed E-state index contributed by atoms with van der Waals surface area (Å²) in [4.78, 5) is 12.5. The second kappa shape index (κ2) is 7.83. The third-order valence-electron chi connectivity index (χ3n) is 4.53. The smallest absolute Gasteiger partial charge is 0.283 e. The van der Waals surface area contributed by atoms with Crippen molar-refractivity contribution in [3.63, 3.8) is 0 Å². The largest absolute Gasteiger partial charge is 0.324 e. The predicted octanol–water partition coefficient (Wildman–Crippen LogP) is 4.34. The van der Waals surface area contributed by atoms with E-state index in [1.807, 2.05) is 30.5 Å². The van der Waals surface area contributed by atoms with Crippen molar-refractivity contribution in [2.45, 2.75) is 38.3 Å². The molecule has 2 heterocycles. The van der Waals surface area contributed by atoms with Crippen LogP contribution in [0.5, 0.6) is 0 Å². The molecule has 0 radical (unpaired) electrons. The van der Waals surface area contributed by atoms with E-state index in [0.29, 0.717) is 22.4 Å². The van der Waals surface area contributed by atoms with Gasteiger partial charge in [-0.1, -0.05) is 12.1 Å². The SMILES string of the molecule is O=C(Cn1nc(C(F)F)c(Br)c1C1CC1)Nc1cccc(Cn2cccn2)c1. The van der Waals surface area contributed by atoms with Gasteiger partial charge in [0.2, 0.25) is 5.91 Å². The normalized spacial score (nSPS) is 13.9. The lowest BCUT2D eigenvalue weighted by Crippen LogP contribution is -2.21. The standard InChI is InChI=1S/C19H18BrF2N5O/c20-16-17(19(21)22)25-27(18(16)13-5-6-13)11-15(28)24-14-4-1-3-12(9-14)10-26-8-2-7-23-26/h1-4,7-9,13,19H,5-6,10-11H2,(H,24,28). The van der Waals surface area contributed by atoms with Crippen LogP contribution in [0.3, 0.4) is 0 Å². The van der Waals surface area contributed by atoms with E-state index in [9.17, 15) is 13.6 Å². The first-order valence-electron chi connectivity index (χ1n) is 8.91. The van der Waals surface area contributed by atoms with Crippen molar-refractivity contribution in [2.24, 2.45) is 0 Å². The summed E-state index contributed by atoms with van der Waals surface area (Å²) in [5.41, 5.74) is 2.00. The van der Waals surface area contributed by atoms with Crippen molar-refractivity contribution >= 4 is 27.5 Å². The minimum absolute atomic E-state index is 0.111. The van der Waals surface area contributed by atoms with Gasteiger partial charge in [-0.2, -0.15) is 10.2 Å². The molecule has 0 aliphatic heterocycles. The molecule has 6 nitrogen and oxygen atoms in total. The zero-order valence-corrected chi connectivity index (χ0v) is 16.4. The van der Waals surface area contributed by atoms with Crippen LogP contribution in [0.2, 0.25) is 0 Å². The van der Waals surface area contributed by atoms with Gasteiger partial charge in [0.15, 0.2) is 0 Å². The second-order valence-corrected chi connectivity index (χ2v) is 7.56. The Morgan fingerprint density at radius 2 is 2.14 bits per heavy atom. The first-order valence-corrected chi connectivity index (χ1v) is 9.71. The van der Waals surface area contributed by atoms with Gasteiger partial charge in [-0.05, 0) is 52.5 Å². The number of carbonyl (C=O) groups excluding carboxylic acids is 1. The lowest BCUT2D eigenvalue weighted by atomic mass is 10.2. The van der Waals surface area contributed by atoms with E-state index in [0.717, 1.165) is 18.4 Å². The molecule has 1 fully saturated rings. The third kappa shape index (κ3) is 4.14. The Balaban J connectivity index is 1.47. The Bertz CT molecular complexity index is 982. The van der Waals surface area contributed by atoms with Crippen molar-refractivity contribution in [1.82, 2.24) is 19.6 Å². The molecule has 1 aliphatic rings. The summed E-state index contributed by atoms with van der Waals surface area (Å²) in [6.45, 7) is 0.479. The molecule has 3 aromatic rings. The van der Waals surface area contributed by atoms with Crippen molar-refractivity contribution in [2.75, 3.05) is 5.32 Å². The number of anilines is 1. The van der Waals surface area contributed by atoms with Gasteiger partial charge in [0.1, 0.15) is 12.2 Å². The lowest BCUT2D eigenvalue weighted by Gasteiger charge is -2.10. The number of nitrogens with one attached hydrogen (secondary N) is 1. The third-order valence-corrected chi connectivity index (χ3v) is 5.35. The van der Waals surface area contributed by atoms with Gasteiger partial charge < -0.3 is 5.32 Å². The van der Waals surface area contributed by atoms with Crippen LogP contribution in [0.4, 0.5) is 14.5 Å². The second-order valence-electron chi connectivity index (χ2n) is 6.77. The van der Waals surface area contributed by atoms with E-state index in [2.05, 4.69) is 31.4 Å². The number of hydrogen-bond acceptors (Lipinski definition) is 3. The van der Waals surface area contributed by atoms with Gasteiger partial charge in [0, 0.05) is 24.0 Å². The van der Waals surface area contributed by atoms with Crippen LogP contribution in [0.1, 0.15) is 42.1 Å². The van der Waals surface area contributed by atoms with Crippen molar-refractivity contribution < 1.29 is 13.6 Å². The Labute approximate surface area is 168 Å². The first-order chi connectivity index (χ1) is 13.5. The zero-order valence-electron chi connectivity index (χ0n) is 14.9. The summed E-state index contributed by atoms with van der Waals surface area (Å²) in [6.07, 6.45) is 2.73. The molecule has 1 N–H and O–H groups in total. The molecule has 0 atom stereocenters. The van der Waals surface area contributed by atoms with E-state index in [-0.39, 0.29) is 24.1 Å². The van der Waals surface area contributed by atoms with E-state index in [1.165, 1.54) is 4.68 Å². The lowest BCUT2D eigenvalue weighted by molar-refractivity contribution is -0.117. The summed E-state index contributed by atoms with van der Waals surface area (Å²) in [5, 5.41) is 11.0. The molecule has 1 amide bonds. The monoisotopic (exact) mass is 449 g/mol. The number of amides is 1. The minimum atomic E-state index is -2.69. The molecule has 1 aromatic carbocycles. The van der Waals surface area contributed by atoms with Crippen molar-refractivity contribution in [1.29, 1.82) is 0 Å². The van der Waals surface area contributed by atoms with E-state index >= 15 is 0 Å². The van der Waals surface area contributed by atoms with Gasteiger partial charge in [-0.15, -0.1) is 0 Å². The molecule has 0 saturated heterocycles. The minimum Gasteiger partial charge on any atom is -0.324 e. The van der Waals surface area contributed by atoms with Gasteiger partial charge in [0.05, 0.1) is 16.7 Å². The fraction of sp³-hybridized carbons (Fsp3) is 0.316. The quantitative estimate of drug-likeness (QED) is 0.583. The summed E-state index contributed by atoms with van der Waals surface area (Å²) >= 11 is 3.23. The molecule has 28 heavy (non-hydrogen) atoms. The Hall–Kier alpha value is -2.55. The topological polar surface area (TPSA) is 64.7 Å². The molecule has 0 bridgehead atoms. The number of aromatic nitrogens is 4. The molecule has 1 aliphatic carbocycles. The maximum absolute atomic E-state index is 13.2. The molecular formula is C19H18BrF2N5O. The number of alkyl halides is 2. The van der Waals surface area contributed by atoms with Crippen LogP contribution in [-0.2, 0) is 17.9 Å². The molecule has 9 heteroatoms. The van der Waals surface area contributed by atoms with Crippen LogP contribution < -0.4 is 5.32 Å². The predicted molar refractivity (Wildman–Crippen MR) is 103 cm³/mol. The van der Waals surface area contributed by atoms with Crippen LogP contribution >= 0.6 is 15.9 Å². The molecular weight excluding hydrogens is 432 g/mol. The van der Waals surface area contributed by atoms with Gasteiger partial charge in [-0.25, -0.2) is 8.78 Å². The number of carbonyl (C=O) groups is 1. The number of halogens is 3. The molecule has 0 spiro atoms. The van der Waals surface area contributed by atoms with Gasteiger partial charge in [0.25, 0.3) is 6.43 Å². The maximum Gasteiger partial charge on any atom is 0.283 e. The Morgan fingerprint density at radius 1 is 1.32 bits per heavy atom. The number of rotatable bonds is 7. The van der Waals surface area contributed by atoms with Crippen LogP contribution in [-0.4, -0.2) is 25.5 Å². The number of nitrogens with zero attached hydrogens (tertiary/aromatic N) is 4. The fourth-order valence-electron chi connectivity index (χ4n) is 3.14. The van der Waals surface area contributed by atoms with E-state index < -0.39 is 6.43 Å². The average Bonchev–Trinajstić information content (AvgIpc) is 3.24.